The zero-order chi connectivity index (χ0) is 20.9. The molecule has 0 saturated carbocycles. The fourth-order valence-corrected chi connectivity index (χ4v) is 3.97. The highest BCUT2D eigenvalue weighted by molar-refractivity contribution is 7.14. The monoisotopic (exact) mass is 421 g/mol. The molecule has 1 aromatic heterocycles. The van der Waals surface area contributed by atoms with Gasteiger partial charge in [-0.15, -0.1) is 11.3 Å². The predicted molar refractivity (Wildman–Crippen MR) is 120 cm³/mol. The van der Waals surface area contributed by atoms with Crippen molar-refractivity contribution in [2.45, 2.75) is 6.92 Å². The van der Waals surface area contributed by atoms with E-state index < -0.39 is 0 Å². The van der Waals surface area contributed by atoms with Crippen LogP contribution in [-0.2, 0) is 0 Å². The number of anilines is 3. The van der Waals surface area contributed by atoms with Crippen LogP contribution in [0.5, 0.6) is 0 Å². The minimum Gasteiger partial charge on any atom is -0.368 e. The van der Waals surface area contributed by atoms with Gasteiger partial charge in [-0.3, -0.25) is 10.1 Å². The second kappa shape index (κ2) is 8.96. The van der Waals surface area contributed by atoms with E-state index in [0.29, 0.717) is 29.6 Å². The molecule has 0 spiro atoms. The van der Waals surface area contributed by atoms with Crippen molar-refractivity contribution in [3.8, 4) is 0 Å². The summed E-state index contributed by atoms with van der Waals surface area (Å²) in [4.78, 5) is 33.3. The number of piperazine rings is 1. The molecule has 0 atom stereocenters. The van der Waals surface area contributed by atoms with Crippen molar-refractivity contribution in [3.05, 3.63) is 71.2 Å². The summed E-state index contributed by atoms with van der Waals surface area (Å²) in [5.41, 5.74) is 3.35. The Kier molecular flexibility index (Phi) is 5.94. The first-order chi connectivity index (χ1) is 14.6. The summed E-state index contributed by atoms with van der Waals surface area (Å²) in [5.74, 6) is -0.106. The number of para-hydroxylation sites is 1. The van der Waals surface area contributed by atoms with Crippen molar-refractivity contribution in [2.24, 2.45) is 0 Å². The van der Waals surface area contributed by atoms with E-state index in [0.717, 1.165) is 18.7 Å². The lowest BCUT2D eigenvalue weighted by Crippen LogP contribution is -2.48. The fraction of sp³-hybridized carbons (Fsp3) is 0.227. The normalized spacial score (nSPS) is 13.8. The number of carbonyl (C=O) groups excluding carboxylic acids is 2. The first-order valence-electron chi connectivity index (χ1n) is 9.78. The SMILES string of the molecule is Cc1ccc(NC(=O)Nc2nc(C(=O)N3CCN(c4ccccc4)CC3)cs2)cc1. The molecule has 2 heterocycles. The van der Waals surface area contributed by atoms with Gasteiger partial charge >= 0.3 is 6.03 Å². The lowest BCUT2D eigenvalue weighted by molar-refractivity contribution is 0.0741. The average molecular weight is 422 g/mol. The number of rotatable bonds is 4. The third-order valence-corrected chi connectivity index (χ3v) is 5.70. The number of aromatic nitrogens is 1. The molecule has 1 saturated heterocycles. The summed E-state index contributed by atoms with van der Waals surface area (Å²) in [6.45, 7) is 4.83. The van der Waals surface area contributed by atoms with E-state index >= 15 is 0 Å². The molecule has 1 aliphatic rings. The molecular formula is C22H23N5O2S. The molecule has 154 valence electrons. The number of amides is 3. The van der Waals surface area contributed by atoms with Gasteiger partial charge in [0.25, 0.3) is 5.91 Å². The molecule has 1 aliphatic heterocycles. The van der Waals surface area contributed by atoms with Crippen LogP contribution in [-0.4, -0.2) is 48.0 Å². The van der Waals surface area contributed by atoms with Gasteiger partial charge in [-0.2, -0.15) is 0 Å². The lowest BCUT2D eigenvalue weighted by Gasteiger charge is -2.35. The van der Waals surface area contributed by atoms with Gasteiger partial charge in [0.1, 0.15) is 5.69 Å². The number of hydrogen-bond acceptors (Lipinski definition) is 5. The van der Waals surface area contributed by atoms with Crippen molar-refractivity contribution in [1.82, 2.24) is 9.88 Å². The van der Waals surface area contributed by atoms with Gasteiger partial charge in [0.15, 0.2) is 5.13 Å². The maximum absolute atomic E-state index is 12.8. The second-order valence-corrected chi connectivity index (χ2v) is 7.96. The summed E-state index contributed by atoms with van der Waals surface area (Å²) < 4.78 is 0. The van der Waals surface area contributed by atoms with E-state index in [-0.39, 0.29) is 11.9 Å². The first kappa shape index (κ1) is 19.9. The predicted octanol–water partition coefficient (Wildman–Crippen LogP) is 4.06. The molecule has 4 rings (SSSR count). The smallest absolute Gasteiger partial charge is 0.325 e. The van der Waals surface area contributed by atoms with Gasteiger partial charge in [0, 0.05) is 42.9 Å². The zero-order valence-electron chi connectivity index (χ0n) is 16.7. The largest absolute Gasteiger partial charge is 0.368 e. The molecule has 30 heavy (non-hydrogen) atoms. The highest BCUT2D eigenvalue weighted by atomic mass is 32.1. The molecule has 0 unspecified atom stereocenters. The summed E-state index contributed by atoms with van der Waals surface area (Å²) >= 11 is 1.24. The van der Waals surface area contributed by atoms with Crippen LogP contribution in [0.3, 0.4) is 0 Å². The van der Waals surface area contributed by atoms with Crippen LogP contribution >= 0.6 is 11.3 Å². The minimum atomic E-state index is -0.385. The van der Waals surface area contributed by atoms with Gasteiger partial charge in [0.05, 0.1) is 0 Å². The second-order valence-electron chi connectivity index (χ2n) is 7.10. The van der Waals surface area contributed by atoms with E-state index in [9.17, 15) is 9.59 Å². The van der Waals surface area contributed by atoms with E-state index in [1.165, 1.54) is 17.0 Å². The van der Waals surface area contributed by atoms with Crippen molar-refractivity contribution in [3.63, 3.8) is 0 Å². The van der Waals surface area contributed by atoms with Crippen LogP contribution in [0.15, 0.2) is 60.0 Å². The number of hydrogen-bond donors (Lipinski definition) is 2. The number of carbonyl (C=O) groups is 2. The van der Waals surface area contributed by atoms with Crippen molar-refractivity contribution >= 4 is 39.8 Å². The molecule has 3 aromatic rings. The highest BCUT2D eigenvalue weighted by Crippen LogP contribution is 2.20. The number of benzene rings is 2. The lowest BCUT2D eigenvalue weighted by atomic mass is 10.2. The van der Waals surface area contributed by atoms with Gasteiger partial charge in [0.2, 0.25) is 0 Å². The minimum absolute atomic E-state index is 0.106. The standard InChI is InChI=1S/C22H23N5O2S/c1-16-7-9-17(10-8-16)23-21(29)25-22-24-19(15-30-22)20(28)27-13-11-26(12-14-27)18-5-3-2-4-6-18/h2-10,15H,11-14H2,1H3,(H2,23,24,25,29). The van der Waals surface area contributed by atoms with Gasteiger partial charge in [-0.05, 0) is 31.2 Å². The summed E-state index contributed by atoms with van der Waals surface area (Å²) in [7, 11) is 0. The number of urea groups is 1. The van der Waals surface area contributed by atoms with Crippen LogP contribution in [0, 0.1) is 6.92 Å². The molecule has 0 bridgehead atoms. The number of nitrogens with zero attached hydrogens (tertiary/aromatic N) is 3. The maximum atomic E-state index is 12.8. The average Bonchev–Trinajstić information content (AvgIpc) is 3.24. The Morgan fingerprint density at radius 2 is 1.63 bits per heavy atom. The van der Waals surface area contributed by atoms with Crippen molar-refractivity contribution < 1.29 is 9.59 Å². The Morgan fingerprint density at radius 3 is 2.33 bits per heavy atom. The Morgan fingerprint density at radius 1 is 0.933 bits per heavy atom. The molecule has 0 radical (unpaired) electrons. The van der Waals surface area contributed by atoms with Crippen LogP contribution in [0.2, 0.25) is 0 Å². The van der Waals surface area contributed by atoms with E-state index in [2.05, 4.69) is 32.7 Å². The summed E-state index contributed by atoms with van der Waals surface area (Å²) in [5, 5.41) is 7.53. The van der Waals surface area contributed by atoms with Gasteiger partial charge in [-0.25, -0.2) is 9.78 Å². The van der Waals surface area contributed by atoms with Gasteiger partial charge < -0.3 is 15.1 Å². The topological polar surface area (TPSA) is 77.6 Å². The van der Waals surface area contributed by atoms with Crippen LogP contribution in [0.1, 0.15) is 16.1 Å². The molecule has 8 heteroatoms. The summed E-state index contributed by atoms with van der Waals surface area (Å²) in [6, 6.07) is 17.3. The Labute approximate surface area is 179 Å². The third-order valence-electron chi connectivity index (χ3n) is 4.94. The third kappa shape index (κ3) is 4.77. The molecule has 1 fully saturated rings. The van der Waals surface area contributed by atoms with Crippen LogP contribution < -0.4 is 15.5 Å². The van der Waals surface area contributed by atoms with Crippen LogP contribution in [0.4, 0.5) is 21.3 Å². The van der Waals surface area contributed by atoms with Crippen molar-refractivity contribution in [1.29, 1.82) is 0 Å². The number of nitrogens with one attached hydrogen (secondary N) is 2. The molecule has 3 amide bonds. The molecule has 2 N–H and O–H groups in total. The maximum Gasteiger partial charge on any atom is 0.325 e. The molecular weight excluding hydrogens is 398 g/mol. The number of thiazole rings is 1. The summed E-state index contributed by atoms with van der Waals surface area (Å²) in [6.07, 6.45) is 0. The molecule has 0 aliphatic carbocycles. The molecule has 2 aromatic carbocycles. The fourth-order valence-electron chi connectivity index (χ4n) is 3.29. The highest BCUT2D eigenvalue weighted by Gasteiger charge is 2.24. The van der Waals surface area contributed by atoms with Crippen LogP contribution in [0.25, 0.3) is 0 Å². The van der Waals surface area contributed by atoms with Gasteiger partial charge in [-0.1, -0.05) is 35.9 Å². The molecule has 7 nitrogen and oxygen atoms in total. The Bertz CT molecular complexity index is 1010. The van der Waals surface area contributed by atoms with E-state index in [1.54, 1.807) is 5.38 Å². The number of aryl methyl sites for hydroxylation is 1. The zero-order valence-corrected chi connectivity index (χ0v) is 17.5. The quantitative estimate of drug-likeness (QED) is 0.666. The van der Waals surface area contributed by atoms with Crippen molar-refractivity contribution in [2.75, 3.05) is 41.7 Å². The first-order valence-corrected chi connectivity index (χ1v) is 10.7. The van der Waals surface area contributed by atoms with E-state index in [1.807, 2.05) is 54.3 Å². The Balaban J connectivity index is 1.31. The Hall–Kier alpha value is -3.39. The van der Waals surface area contributed by atoms with E-state index in [4.69, 9.17) is 0 Å².